The number of benzene rings is 2. The number of rotatable bonds is 7. The predicted molar refractivity (Wildman–Crippen MR) is 163 cm³/mol. The van der Waals surface area contributed by atoms with Gasteiger partial charge in [0.15, 0.2) is 5.65 Å². The lowest BCUT2D eigenvalue weighted by atomic mass is 10.0. The average Bonchev–Trinajstić information content (AvgIpc) is 3.72. The molecule has 1 saturated carbocycles. The highest BCUT2D eigenvalue weighted by Crippen LogP contribution is 2.34. The maximum atomic E-state index is 14.8. The second-order valence-corrected chi connectivity index (χ2v) is 13.4. The van der Waals surface area contributed by atoms with Crippen molar-refractivity contribution < 1.29 is 26.7 Å². The summed E-state index contributed by atoms with van der Waals surface area (Å²) in [6.07, 6.45) is 5.30. The first-order valence-corrected chi connectivity index (χ1v) is 15.3. The van der Waals surface area contributed by atoms with E-state index >= 15 is 0 Å². The van der Waals surface area contributed by atoms with Crippen molar-refractivity contribution in [3.63, 3.8) is 0 Å². The zero-order chi connectivity index (χ0) is 31.2. The average molecular weight is 619 g/mol. The predicted octanol–water partition coefficient (Wildman–Crippen LogP) is 6.68. The van der Waals surface area contributed by atoms with Crippen LogP contribution >= 0.6 is 0 Å². The quantitative estimate of drug-likeness (QED) is 0.208. The number of carbonyl (C=O) groups excluding carboxylic acids is 1. The molecule has 3 heterocycles. The van der Waals surface area contributed by atoms with Crippen LogP contribution in [-0.2, 0) is 14.8 Å². The van der Waals surface area contributed by atoms with E-state index < -0.39 is 38.6 Å². The van der Waals surface area contributed by atoms with Gasteiger partial charge in [-0.15, -0.1) is 0 Å². The van der Waals surface area contributed by atoms with Gasteiger partial charge >= 0.3 is 6.09 Å². The molecule has 0 unspecified atom stereocenters. The van der Waals surface area contributed by atoms with Gasteiger partial charge in [0.25, 0.3) is 0 Å². The summed E-state index contributed by atoms with van der Waals surface area (Å²) in [5.41, 5.74) is 2.98. The molecular formula is C31H28F2N6O4S. The number of pyridine rings is 2. The van der Waals surface area contributed by atoms with Gasteiger partial charge in [-0.25, -0.2) is 36.9 Å². The maximum Gasteiger partial charge on any atom is 0.413 e. The molecule has 3 aromatic heterocycles. The van der Waals surface area contributed by atoms with Crippen LogP contribution in [0.1, 0.15) is 33.6 Å². The molecule has 1 fully saturated rings. The first-order chi connectivity index (χ1) is 20.8. The first kappa shape index (κ1) is 29.2. The summed E-state index contributed by atoms with van der Waals surface area (Å²) in [4.78, 5) is 25.4. The summed E-state index contributed by atoms with van der Waals surface area (Å²) < 4.78 is 63.4. The van der Waals surface area contributed by atoms with E-state index in [0.29, 0.717) is 41.1 Å². The third kappa shape index (κ3) is 6.37. The Morgan fingerprint density at radius 3 is 2.39 bits per heavy atom. The molecule has 0 aliphatic heterocycles. The van der Waals surface area contributed by atoms with Crippen LogP contribution in [0, 0.1) is 11.6 Å². The van der Waals surface area contributed by atoms with Crippen LogP contribution in [0.5, 0.6) is 0 Å². The molecular weight excluding hydrogens is 590 g/mol. The lowest BCUT2D eigenvalue weighted by Crippen LogP contribution is -2.27. The largest absolute Gasteiger partial charge is 0.444 e. The lowest BCUT2D eigenvalue weighted by Gasteiger charge is -2.19. The molecule has 1 aliphatic carbocycles. The molecule has 2 N–H and O–H groups in total. The Labute approximate surface area is 252 Å². The van der Waals surface area contributed by atoms with Crippen LogP contribution in [0.25, 0.3) is 39.1 Å². The number of amides is 1. The Kier molecular flexibility index (Phi) is 7.28. The summed E-state index contributed by atoms with van der Waals surface area (Å²) in [7, 11) is -3.62. The molecule has 226 valence electrons. The third-order valence-electron chi connectivity index (χ3n) is 6.77. The molecule has 5 aromatic rings. The van der Waals surface area contributed by atoms with Crippen molar-refractivity contribution in [1.29, 1.82) is 0 Å². The number of hydrogen-bond acceptors (Lipinski definition) is 7. The highest BCUT2D eigenvalue weighted by Gasteiger charge is 2.36. The van der Waals surface area contributed by atoms with E-state index in [1.165, 1.54) is 18.5 Å². The number of aromatic nitrogens is 4. The van der Waals surface area contributed by atoms with Gasteiger partial charge in [-0.3, -0.25) is 14.6 Å². The van der Waals surface area contributed by atoms with Crippen LogP contribution in [0.4, 0.5) is 25.1 Å². The van der Waals surface area contributed by atoms with Crippen LogP contribution < -0.4 is 10.0 Å². The molecule has 0 saturated heterocycles. The SMILES string of the molecule is CC(C)(C)OC(=O)Nc1ccc(-c2cnc3c(c2)ncn3-c2cc(NS(=O)(=O)C3CC3)cc(-c3ccc(F)cc3F)c2)cn1. The highest BCUT2D eigenvalue weighted by molar-refractivity contribution is 7.93. The van der Waals surface area contributed by atoms with Crippen molar-refractivity contribution in [1.82, 2.24) is 19.5 Å². The molecule has 1 aliphatic rings. The van der Waals surface area contributed by atoms with Crippen molar-refractivity contribution in [2.24, 2.45) is 0 Å². The minimum Gasteiger partial charge on any atom is -0.444 e. The number of nitrogens with one attached hydrogen (secondary N) is 2. The van der Waals surface area contributed by atoms with E-state index in [2.05, 4.69) is 25.0 Å². The zero-order valence-corrected chi connectivity index (χ0v) is 24.8. The number of halogens is 2. The van der Waals surface area contributed by atoms with Crippen LogP contribution in [-0.4, -0.2) is 44.9 Å². The number of carbonyl (C=O) groups is 1. The number of ether oxygens (including phenoxy) is 1. The van der Waals surface area contributed by atoms with E-state index in [0.717, 1.165) is 23.3 Å². The normalized spacial score (nSPS) is 13.6. The summed E-state index contributed by atoms with van der Waals surface area (Å²) in [6, 6.07) is 13.2. The van der Waals surface area contributed by atoms with Gasteiger partial charge in [-0.2, -0.15) is 0 Å². The summed E-state index contributed by atoms with van der Waals surface area (Å²) in [6.45, 7) is 5.31. The van der Waals surface area contributed by atoms with Gasteiger partial charge in [0.2, 0.25) is 10.0 Å². The number of hydrogen-bond donors (Lipinski definition) is 2. The highest BCUT2D eigenvalue weighted by atomic mass is 32.2. The fourth-order valence-corrected chi connectivity index (χ4v) is 5.98. The molecule has 6 rings (SSSR count). The van der Waals surface area contributed by atoms with Gasteiger partial charge < -0.3 is 4.74 Å². The van der Waals surface area contributed by atoms with Gasteiger partial charge in [0, 0.05) is 35.2 Å². The number of sulfonamides is 1. The topological polar surface area (TPSA) is 128 Å². The Balaban J connectivity index is 1.33. The molecule has 10 nitrogen and oxygen atoms in total. The molecule has 1 amide bonds. The molecule has 44 heavy (non-hydrogen) atoms. The van der Waals surface area contributed by atoms with Gasteiger partial charge in [-0.05, 0) is 87.7 Å². The Morgan fingerprint density at radius 2 is 1.70 bits per heavy atom. The second-order valence-electron chi connectivity index (χ2n) is 11.5. The first-order valence-electron chi connectivity index (χ1n) is 13.8. The van der Waals surface area contributed by atoms with Crippen LogP contribution in [0.15, 0.2) is 73.3 Å². The Morgan fingerprint density at radius 1 is 0.932 bits per heavy atom. The van der Waals surface area contributed by atoms with E-state index in [-0.39, 0.29) is 11.3 Å². The number of nitrogens with zero attached hydrogens (tertiary/aromatic N) is 4. The summed E-state index contributed by atoms with van der Waals surface area (Å²) >= 11 is 0. The fraction of sp³-hybridized carbons (Fsp3) is 0.226. The van der Waals surface area contributed by atoms with E-state index in [4.69, 9.17) is 4.74 Å². The molecule has 0 radical (unpaired) electrons. The molecule has 0 bridgehead atoms. The van der Waals surface area contributed by atoms with Crippen molar-refractivity contribution >= 4 is 38.8 Å². The number of fused-ring (bicyclic) bond motifs is 1. The minimum absolute atomic E-state index is 0.108. The molecule has 13 heteroatoms. The van der Waals surface area contributed by atoms with E-state index in [9.17, 15) is 22.0 Å². The summed E-state index contributed by atoms with van der Waals surface area (Å²) in [5, 5.41) is 2.12. The van der Waals surface area contributed by atoms with E-state index in [1.54, 1.807) is 62.0 Å². The van der Waals surface area contributed by atoms with Crippen molar-refractivity contribution in [3.05, 3.63) is 85.0 Å². The van der Waals surface area contributed by atoms with E-state index in [1.807, 2.05) is 6.07 Å². The van der Waals surface area contributed by atoms with Crippen molar-refractivity contribution in [2.45, 2.75) is 44.5 Å². The molecule has 2 aromatic carbocycles. The van der Waals surface area contributed by atoms with Crippen molar-refractivity contribution in [2.75, 3.05) is 10.0 Å². The Bertz CT molecular complexity index is 2000. The van der Waals surface area contributed by atoms with Crippen molar-refractivity contribution in [3.8, 4) is 27.9 Å². The third-order valence-corrected chi connectivity index (χ3v) is 8.64. The minimum atomic E-state index is -3.62. The number of anilines is 2. The van der Waals surface area contributed by atoms with Gasteiger partial charge in [0.05, 0.1) is 16.6 Å². The standard InChI is InChI=1S/C31H28F2N6O4S/c1-31(2,3)43-30(40)37-28-9-4-18(15-34-28)20-12-27-29(35-16-20)39(17-36-27)23-11-19(25-8-5-21(32)13-26(25)33)10-22(14-23)38-44(41,42)24-6-7-24/h4-5,8-17,24,38H,6-7H2,1-3H3,(H,34,37,40). The second kappa shape index (κ2) is 11.0. The van der Waals surface area contributed by atoms with Crippen LogP contribution in [0.3, 0.4) is 0 Å². The lowest BCUT2D eigenvalue weighted by molar-refractivity contribution is 0.0635. The van der Waals surface area contributed by atoms with Gasteiger partial charge in [-0.1, -0.05) is 0 Å². The monoisotopic (exact) mass is 618 g/mol. The number of imidazole rings is 1. The molecule has 0 atom stereocenters. The molecule has 0 spiro atoms. The Hall–Kier alpha value is -4.91. The zero-order valence-electron chi connectivity index (χ0n) is 24.0. The smallest absolute Gasteiger partial charge is 0.413 e. The maximum absolute atomic E-state index is 14.8. The van der Waals surface area contributed by atoms with Crippen LogP contribution in [0.2, 0.25) is 0 Å². The van der Waals surface area contributed by atoms with Gasteiger partial charge in [0.1, 0.15) is 34.9 Å². The summed E-state index contributed by atoms with van der Waals surface area (Å²) in [5.74, 6) is -1.17. The fourth-order valence-electron chi connectivity index (χ4n) is 4.61.